The first kappa shape index (κ1) is 14.9. The number of halogens is 1. The first-order valence-corrected chi connectivity index (χ1v) is 6.23. The summed E-state index contributed by atoms with van der Waals surface area (Å²) in [4.78, 5) is 14.4. The standard InChI is InChI=1S/C14H14FN3O3/c1-21-14-10(3-2-6-17-14)8-16-9-11-7-12(15)4-5-13(11)18(19)20/h2-7,16H,8-9H2,1H3. The Kier molecular flexibility index (Phi) is 4.78. The Hall–Kier alpha value is -2.54. The van der Waals surface area contributed by atoms with Crippen molar-refractivity contribution < 1.29 is 14.1 Å². The highest BCUT2D eigenvalue weighted by Gasteiger charge is 2.14. The number of ether oxygens (including phenoxy) is 1. The lowest BCUT2D eigenvalue weighted by molar-refractivity contribution is -0.385. The zero-order valence-corrected chi connectivity index (χ0v) is 11.4. The molecule has 6 nitrogen and oxygen atoms in total. The van der Waals surface area contributed by atoms with Gasteiger partial charge in [-0.05, 0) is 18.2 Å². The lowest BCUT2D eigenvalue weighted by Gasteiger charge is -2.08. The highest BCUT2D eigenvalue weighted by Crippen LogP contribution is 2.20. The lowest BCUT2D eigenvalue weighted by atomic mass is 10.1. The number of nitro groups is 1. The first-order valence-electron chi connectivity index (χ1n) is 6.23. The van der Waals surface area contributed by atoms with E-state index in [1.165, 1.54) is 7.11 Å². The van der Waals surface area contributed by atoms with Crippen molar-refractivity contribution in [3.63, 3.8) is 0 Å². The monoisotopic (exact) mass is 291 g/mol. The van der Waals surface area contributed by atoms with Gasteiger partial charge in [0.2, 0.25) is 5.88 Å². The summed E-state index contributed by atoms with van der Waals surface area (Å²) in [5.41, 5.74) is 1.00. The maximum absolute atomic E-state index is 13.2. The van der Waals surface area contributed by atoms with Crippen molar-refractivity contribution in [2.45, 2.75) is 13.1 Å². The van der Waals surface area contributed by atoms with Crippen molar-refractivity contribution in [2.24, 2.45) is 0 Å². The molecule has 2 rings (SSSR count). The Balaban J connectivity index is 2.07. The normalized spacial score (nSPS) is 10.4. The van der Waals surface area contributed by atoms with Crippen LogP contribution in [0, 0.1) is 15.9 Å². The molecule has 0 saturated carbocycles. The van der Waals surface area contributed by atoms with Gasteiger partial charge in [-0.2, -0.15) is 0 Å². The summed E-state index contributed by atoms with van der Waals surface area (Å²) < 4.78 is 18.3. The van der Waals surface area contributed by atoms with E-state index in [1.807, 2.05) is 6.07 Å². The number of hydrogen-bond donors (Lipinski definition) is 1. The summed E-state index contributed by atoms with van der Waals surface area (Å²) in [5, 5.41) is 13.9. The van der Waals surface area contributed by atoms with E-state index >= 15 is 0 Å². The smallest absolute Gasteiger partial charge is 0.274 e. The molecule has 1 heterocycles. The number of pyridine rings is 1. The SMILES string of the molecule is COc1ncccc1CNCc1cc(F)ccc1[N+](=O)[O-]. The van der Waals surface area contributed by atoms with E-state index in [-0.39, 0.29) is 12.2 Å². The number of aromatic nitrogens is 1. The Morgan fingerprint density at radius 1 is 1.33 bits per heavy atom. The molecule has 21 heavy (non-hydrogen) atoms. The number of nitrogens with zero attached hydrogens (tertiary/aromatic N) is 2. The molecule has 0 fully saturated rings. The van der Waals surface area contributed by atoms with Gasteiger partial charge < -0.3 is 10.1 Å². The fraction of sp³-hybridized carbons (Fsp3) is 0.214. The van der Waals surface area contributed by atoms with Gasteiger partial charge in [-0.15, -0.1) is 0 Å². The van der Waals surface area contributed by atoms with Crippen molar-refractivity contribution in [1.82, 2.24) is 10.3 Å². The van der Waals surface area contributed by atoms with Gasteiger partial charge in [0.1, 0.15) is 5.82 Å². The largest absolute Gasteiger partial charge is 0.481 e. The molecule has 7 heteroatoms. The third-order valence-corrected chi connectivity index (χ3v) is 2.91. The van der Waals surface area contributed by atoms with Crippen LogP contribution >= 0.6 is 0 Å². The highest BCUT2D eigenvalue weighted by atomic mass is 19.1. The predicted octanol–water partition coefficient (Wildman–Crippen LogP) is 2.43. The Morgan fingerprint density at radius 3 is 2.81 bits per heavy atom. The lowest BCUT2D eigenvalue weighted by Crippen LogP contribution is -2.15. The van der Waals surface area contributed by atoms with Crippen LogP contribution in [0.3, 0.4) is 0 Å². The van der Waals surface area contributed by atoms with E-state index in [1.54, 1.807) is 12.3 Å². The van der Waals surface area contributed by atoms with Gasteiger partial charge in [0.15, 0.2) is 0 Å². The number of methoxy groups -OCH3 is 1. The Bertz CT molecular complexity index is 649. The summed E-state index contributed by atoms with van der Waals surface area (Å²) in [6.07, 6.45) is 1.61. The molecule has 110 valence electrons. The molecule has 0 amide bonds. The molecule has 0 aliphatic rings. The maximum atomic E-state index is 13.2. The average molecular weight is 291 g/mol. The second kappa shape index (κ2) is 6.76. The number of nitro benzene ring substituents is 1. The fourth-order valence-electron chi connectivity index (χ4n) is 1.95. The van der Waals surface area contributed by atoms with E-state index in [4.69, 9.17) is 4.74 Å². The summed E-state index contributed by atoms with van der Waals surface area (Å²) in [7, 11) is 1.52. The third-order valence-electron chi connectivity index (χ3n) is 2.91. The zero-order chi connectivity index (χ0) is 15.2. The molecule has 2 aromatic rings. The van der Waals surface area contributed by atoms with Crippen LogP contribution in [0.15, 0.2) is 36.5 Å². The quantitative estimate of drug-likeness (QED) is 0.653. The summed E-state index contributed by atoms with van der Waals surface area (Å²) in [6.45, 7) is 0.580. The minimum Gasteiger partial charge on any atom is -0.481 e. The topological polar surface area (TPSA) is 77.3 Å². The van der Waals surface area contributed by atoms with Gasteiger partial charge in [0, 0.05) is 36.5 Å². The molecule has 1 aromatic carbocycles. The van der Waals surface area contributed by atoms with Crippen LogP contribution in [0.4, 0.5) is 10.1 Å². The van der Waals surface area contributed by atoms with Gasteiger partial charge in [-0.25, -0.2) is 9.37 Å². The molecule has 0 aliphatic heterocycles. The van der Waals surface area contributed by atoms with Crippen LogP contribution in [-0.2, 0) is 13.1 Å². The molecule has 0 radical (unpaired) electrons. The molecule has 1 N–H and O–H groups in total. The van der Waals surface area contributed by atoms with E-state index in [0.717, 1.165) is 23.8 Å². The minimum absolute atomic E-state index is 0.109. The van der Waals surface area contributed by atoms with E-state index in [0.29, 0.717) is 18.0 Å². The Morgan fingerprint density at radius 2 is 2.10 bits per heavy atom. The number of hydrogen-bond acceptors (Lipinski definition) is 5. The second-order valence-electron chi connectivity index (χ2n) is 4.31. The highest BCUT2D eigenvalue weighted by molar-refractivity contribution is 5.40. The molecule has 0 unspecified atom stereocenters. The van der Waals surface area contributed by atoms with Crippen molar-refractivity contribution in [1.29, 1.82) is 0 Å². The van der Waals surface area contributed by atoms with Crippen molar-refractivity contribution in [3.8, 4) is 5.88 Å². The number of benzene rings is 1. The van der Waals surface area contributed by atoms with E-state index in [2.05, 4.69) is 10.3 Å². The fourth-order valence-corrected chi connectivity index (χ4v) is 1.95. The molecule has 0 spiro atoms. The summed E-state index contributed by atoms with van der Waals surface area (Å²) in [5.74, 6) is -0.0184. The van der Waals surface area contributed by atoms with Crippen LogP contribution < -0.4 is 10.1 Å². The molecule has 0 saturated heterocycles. The van der Waals surface area contributed by atoms with Gasteiger partial charge >= 0.3 is 0 Å². The van der Waals surface area contributed by atoms with Crippen molar-refractivity contribution in [2.75, 3.05) is 7.11 Å². The van der Waals surface area contributed by atoms with E-state index < -0.39 is 10.7 Å². The number of rotatable bonds is 6. The molecule has 0 aliphatic carbocycles. The predicted molar refractivity (Wildman–Crippen MR) is 74.4 cm³/mol. The van der Waals surface area contributed by atoms with Crippen LogP contribution in [-0.4, -0.2) is 17.0 Å². The molecular formula is C14H14FN3O3. The first-order chi connectivity index (χ1) is 10.1. The molecule has 0 atom stereocenters. The van der Waals surface area contributed by atoms with Crippen LogP contribution in [0.2, 0.25) is 0 Å². The molecule has 0 bridgehead atoms. The summed E-state index contributed by atoms with van der Waals surface area (Å²) >= 11 is 0. The second-order valence-corrected chi connectivity index (χ2v) is 4.31. The molecular weight excluding hydrogens is 277 g/mol. The van der Waals surface area contributed by atoms with Gasteiger partial charge in [-0.1, -0.05) is 6.07 Å². The Labute approximate surface area is 120 Å². The van der Waals surface area contributed by atoms with Gasteiger partial charge in [0.25, 0.3) is 5.69 Å². The van der Waals surface area contributed by atoms with Crippen LogP contribution in [0.1, 0.15) is 11.1 Å². The van der Waals surface area contributed by atoms with Gasteiger partial charge in [-0.3, -0.25) is 10.1 Å². The number of nitrogens with one attached hydrogen (secondary N) is 1. The summed E-state index contributed by atoms with van der Waals surface area (Å²) in [6, 6.07) is 7.00. The van der Waals surface area contributed by atoms with Crippen molar-refractivity contribution in [3.05, 3.63) is 63.6 Å². The average Bonchev–Trinajstić information content (AvgIpc) is 2.47. The van der Waals surface area contributed by atoms with Crippen LogP contribution in [0.5, 0.6) is 5.88 Å². The minimum atomic E-state index is -0.527. The van der Waals surface area contributed by atoms with Gasteiger partial charge in [0.05, 0.1) is 12.0 Å². The molecule has 1 aromatic heterocycles. The van der Waals surface area contributed by atoms with Crippen LogP contribution in [0.25, 0.3) is 0 Å². The van der Waals surface area contributed by atoms with E-state index in [9.17, 15) is 14.5 Å². The zero-order valence-electron chi connectivity index (χ0n) is 11.4. The van der Waals surface area contributed by atoms with Crippen molar-refractivity contribution >= 4 is 5.69 Å². The third kappa shape index (κ3) is 3.73. The maximum Gasteiger partial charge on any atom is 0.274 e.